The average Bonchev–Trinajstić information content (AvgIpc) is 3.97. The van der Waals surface area contributed by atoms with E-state index < -0.39 is 0 Å². The van der Waals surface area contributed by atoms with Crippen LogP contribution in [0.5, 0.6) is 0 Å². The summed E-state index contributed by atoms with van der Waals surface area (Å²) in [7, 11) is 0. The number of nitrogens with zero attached hydrogens (tertiary/aromatic N) is 3. The fraction of sp³-hybridized carbons (Fsp3) is 0. The van der Waals surface area contributed by atoms with E-state index >= 15 is 0 Å². The molecular weight excluding hydrogens is 703 g/mol. The van der Waals surface area contributed by atoms with Crippen molar-refractivity contribution in [2.45, 2.75) is 0 Å². The van der Waals surface area contributed by atoms with Crippen molar-refractivity contribution in [3.8, 4) is 56.4 Å². The predicted octanol–water partition coefficient (Wildman–Crippen LogP) is 13.9. The number of furan rings is 3. The van der Waals surface area contributed by atoms with E-state index in [1.54, 1.807) is 0 Å². The van der Waals surface area contributed by atoms with Crippen LogP contribution in [0.4, 0.5) is 0 Å². The third-order valence-corrected chi connectivity index (χ3v) is 10.9. The van der Waals surface area contributed by atoms with Gasteiger partial charge in [-0.1, -0.05) is 109 Å². The van der Waals surface area contributed by atoms with E-state index in [0.29, 0.717) is 17.5 Å². The second-order valence-corrected chi connectivity index (χ2v) is 14.4. The second kappa shape index (κ2) is 12.3. The lowest BCUT2D eigenvalue weighted by Crippen LogP contribution is -2.00. The molecule has 8 aromatic carbocycles. The molecule has 6 nitrogen and oxygen atoms in total. The molecule has 0 fully saturated rings. The SMILES string of the molecule is c1cc(-c2cccc(-c3nc(-c4ccc5oc6ccccc6c5c4)nc(-c4cccc5oc6ccccc6c45)n3)c2)cc(-c2ccc3c(c2)oc2ccccc23)c1. The van der Waals surface area contributed by atoms with Crippen molar-refractivity contribution in [1.29, 1.82) is 0 Å². The van der Waals surface area contributed by atoms with Crippen LogP contribution in [-0.2, 0) is 0 Å². The molecule has 0 amide bonds. The van der Waals surface area contributed by atoms with E-state index in [9.17, 15) is 0 Å². The molecule has 266 valence electrons. The summed E-state index contributed by atoms with van der Waals surface area (Å²) in [6.07, 6.45) is 0. The molecule has 0 bridgehead atoms. The van der Waals surface area contributed by atoms with Crippen LogP contribution >= 0.6 is 0 Å². The van der Waals surface area contributed by atoms with Gasteiger partial charge in [0, 0.05) is 49.0 Å². The molecule has 0 aliphatic rings. The average molecular weight is 732 g/mol. The first-order valence-electron chi connectivity index (χ1n) is 18.9. The monoisotopic (exact) mass is 731 g/mol. The summed E-state index contributed by atoms with van der Waals surface area (Å²) in [5, 5.41) is 6.28. The van der Waals surface area contributed by atoms with Gasteiger partial charge < -0.3 is 13.3 Å². The Morgan fingerprint density at radius 1 is 0.263 bits per heavy atom. The van der Waals surface area contributed by atoms with Crippen molar-refractivity contribution < 1.29 is 13.3 Å². The van der Waals surface area contributed by atoms with Gasteiger partial charge in [0.15, 0.2) is 17.5 Å². The molecule has 0 saturated heterocycles. The number of hydrogen-bond donors (Lipinski definition) is 0. The third kappa shape index (κ3) is 5.15. The molecule has 0 unspecified atom stereocenters. The summed E-state index contributed by atoms with van der Waals surface area (Å²) in [6, 6.07) is 60.0. The summed E-state index contributed by atoms with van der Waals surface area (Å²) in [4.78, 5) is 15.5. The molecule has 6 heteroatoms. The standard InChI is InChI=1S/C51H29N3O3/c1-4-18-42-36(14-1)38-24-22-33(29-47(38)57-42)31-11-7-10-30(26-31)32-12-8-13-34(27-32)49-52-50(35-23-25-45-41(28-35)37-15-2-5-19-43(37)55-45)54-51(53-49)40-17-9-21-46-48(40)39-16-3-6-20-44(39)56-46/h1-29H. The van der Waals surface area contributed by atoms with Gasteiger partial charge in [0.05, 0.1) is 0 Å². The summed E-state index contributed by atoms with van der Waals surface area (Å²) in [5.74, 6) is 1.71. The Kier molecular flexibility index (Phi) is 6.83. The fourth-order valence-corrected chi connectivity index (χ4v) is 8.20. The largest absolute Gasteiger partial charge is 0.456 e. The first kappa shape index (κ1) is 31.5. The number of benzene rings is 8. The predicted molar refractivity (Wildman–Crippen MR) is 229 cm³/mol. The molecule has 0 saturated carbocycles. The minimum atomic E-state index is 0.567. The number of hydrogen-bond acceptors (Lipinski definition) is 6. The van der Waals surface area contributed by atoms with Crippen molar-refractivity contribution in [2.24, 2.45) is 0 Å². The van der Waals surface area contributed by atoms with Crippen molar-refractivity contribution >= 4 is 65.8 Å². The first-order valence-corrected chi connectivity index (χ1v) is 18.9. The summed E-state index contributed by atoms with van der Waals surface area (Å²) >= 11 is 0. The second-order valence-electron chi connectivity index (χ2n) is 14.4. The summed E-state index contributed by atoms with van der Waals surface area (Å²) in [6.45, 7) is 0. The van der Waals surface area contributed by atoms with Gasteiger partial charge in [0.1, 0.15) is 33.5 Å². The maximum absolute atomic E-state index is 6.28. The molecule has 0 N–H and O–H groups in total. The first-order chi connectivity index (χ1) is 28.2. The Bertz CT molecular complexity index is 3550. The number of para-hydroxylation sites is 3. The maximum Gasteiger partial charge on any atom is 0.164 e. The topological polar surface area (TPSA) is 78.1 Å². The van der Waals surface area contributed by atoms with E-state index in [2.05, 4.69) is 97.1 Å². The molecule has 0 radical (unpaired) electrons. The number of rotatable bonds is 5. The molecule has 57 heavy (non-hydrogen) atoms. The van der Waals surface area contributed by atoms with Crippen LogP contribution in [-0.4, -0.2) is 15.0 Å². The lowest BCUT2D eigenvalue weighted by Gasteiger charge is -2.11. The molecule has 12 aromatic rings. The Morgan fingerprint density at radius 2 is 0.719 bits per heavy atom. The van der Waals surface area contributed by atoms with Gasteiger partial charge >= 0.3 is 0 Å². The van der Waals surface area contributed by atoms with E-state index in [1.165, 1.54) is 0 Å². The molecule has 12 rings (SSSR count). The lowest BCUT2D eigenvalue weighted by atomic mass is 9.97. The van der Waals surface area contributed by atoms with Crippen LogP contribution in [0.15, 0.2) is 189 Å². The van der Waals surface area contributed by atoms with Gasteiger partial charge in [0.2, 0.25) is 0 Å². The molecule has 0 atom stereocenters. The van der Waals surface area contributed by atoms with Crippen molar-refractivity contribution in [3.05, 3.63) is 176 Å². The van der Waals surface area contributed by atoms with Crippen LogP contribution in [0.3, 0.4) is 0 Å². The normalized spacial score (nSPS) is 11.9. The van der Waals surface area contributed by atoms with E-state index in [1.807, 2.05) is 78.9 Å². The van der Waals surface area contributed by atoms with Crippen molar-refractivity contribution in [2.75, 3.05) is 0 Å². The maximum atomic E-state index is 6.28. The zero-order valence-corrected chi connectivity index (χ0v) is 30.3. The number of fused-ring (bicyclic) bond motifs is 9. The van der Waals surface area contributed by atoms with Gasteiger partial charge in [-0.2, -0.15) is 0 Å². The quantitative estimate of drug-likeness (QED) is 0.175. The van der Waals surface area contributed by atoms with Crippen molar-refractivity contribution in [1.82, 2.24) is 15.0 Å². The smallest absolute Gasteiger partial charge is 0.164 e. The van der Waals surface area contributed by atoms with E-state index in [0.717, 1.165) is 105 Å². The Balaban J connectivity index is 1.00. The molecule has 4 heterocycles. The Morgan fingerprint density at radius 3 is 1.46 bits per heavy atom. The molecule has 4 aromatic heterocycles. The van der Waals surface area contributed by atoms with Gasteiger partial charge in [-0.3, -0.25) is 0 Å². The lowest BCUT2D eigenvalue weighted by molar-refractivity contribution is 0.668. The van der Waals surface area contributed by atoms with E-state index in [4.69, 9.17) is 28.2 Å². The van der Waals surface area contributed by atoms with Crippen molar-refractivity contribution in [3.63, 3.8) is 0 Å². The van der Waals surface area contributed by atoms with Crippen LogP contribution in [0.2, 0.25) is 0 Å². The Hall–Kier alpha value is -7.83. The summed E-state index contributed by atoms with van der Waals surface area (Å²) < 4.78 is 18.7. The Labute approximate surface area is 325 Å². The van der Waals surface area contributed by atoms with Gasteiger partial charge in [-0.25, -0.2) is 15.0 Å². The summed E-state index contributed by atoms with van der Waals surface area (Å²) in [5.41, 5.74) is 12.0. The zero-order chi connectivity index (χ0) is 37.5. The highest BCUT2D eigenvalue weighted by Crippen LogP contribution is 2.39. The molecule has 0 spiro atoms. The third-order valence-electron chi connectivity index (χ3n) is 10.9. The molecule has 0 aliphatic carbocycles. The van der Waals surface area contributed by atoms with Crippen LogP contribution in [0.1, 0.15) is 0 Å². The fourth-order valence-electron chi connectivity index (χ4n) is 8.20. The molecule has 0 aliphatic heterocycles. The van der Waals surface area contributed by atoms with Crippen LogP contribution in [0.25, 0.3) is 122 Å². The molecular formula is C51H29N3O3. The highest BCUT2D eigenvalue weighted by Gasteiger charge is 2.19. The van der Waals surface area contributed by atoms with Crippen LogP contribution in [0, 0.1) is 0 Å². The highest BCUT2D eigenvalue weighted by atomic mass is 16.3. The van der Waals surface area contributed by atoms with E-state index in [-0.39, 0.29) is 0 Å². The van der Waals surface area contributed by atoms with Gasteiger partial charge in [-0.05, 0) is 89.0 Å². The highest BCUT2D eigenvalue weighted by molar-refractivity contribution is 6.12. The zero-order valence-electron chi connectivity index (χ0n) is 30.3. The minimum absolute atomic E-state index is 0.567. The minimum Gasteiger partial charge on any atom is -0.456 e. The van der Waals surface area contributed by atoms with Gasteiger partial charge in [0.25, 0.3) is 0 Å². The van der Waals surface area contributed by atoms with Gasteiger partial charge in [-0.15, -0.1) is 0 Å². The number of aromatic nitrogens is 3. The van der Waals surface area contributed by atoms with Crippen LogP contribution < -0.4 is 0 Å².